The molecule has 2 aromatic carbocycles. The van der Waals surface area contributed by atoms with Crippen LogP contribution in [0.15, 0.2) is 54.6 Å². The molecule has 3 rings (SSSR count). The molecule has 0 saturated carbocycles. The molecule has 3 aromatic rings. The first-order chi connectivity index (χ1) is 13.4. The van der Waals surface area contributed by atoms with E-state index in [2.05, 4.69) is 15.7 Å². The Morgan fingerprint density at radius 3 is 2.36 bits per heavy atom. The fourth-order valence-corrected chi connectivity index (χ4v) is 2.59. The second-order valence-electron chi connectivity index (χ2n) is 6.20. The molecule has 1 unspecified atom stereocenters. The molecule has 1 aromatic heterocycles. The first-order valence-electron chi connectivity index (χ1n) is 8.54. The summed E-state index contributed by atoms with van der Waals surface area (Å²) in [4.78, 5) is 24.6. The largest absolute Gasteiger partial charge is 0.339 e. The van der Waals surface area contributed by atoms with Crippen molar-refractivity contribution in [1.29, 1.82) is 0 Å². The number of aryl methyl sites for hydroxylation is 1. The van der Waals surface area contributed by atoms with Crippen LogP contribution in [0.2, 0.25) is 0 Å². The molecule has 28 heavy (non-hydrogen) atoms. The smallest absolute Gasteiger partial charge is 0.272 e. The third-order valence-electron chi connectivity index (χ3n) is 4.07. The molecular weight excluding hydrogens is 366 g/mol. The number of benzene rings is 2. The lowest BCUT2D eigenvalue weighted by atomic mass is 10.2. The van der Waals surface area contributed by atoms with E-state index in [9.17, 15) is 18.4 Å². The second-order valence-corrected chi connectivity index (χ2v) is 6.20. The van der Waals surface area contributed by atoms with Gasteiger partial charge in [0.05, 0.1) is 5.69 Å². The molecular formula is C20H18F2N4O2. The van der Waals surface area contributed by atoms with Crippen molar-refractivity contribution in [3.05, 3.63) is 77.6 Å². The zero-order valence-electron chi connectivity index (χ0n) is 15.2. The van der Waals surface area contributed by atoms with Crippen LogP contribution in [0.4, 0.5) is 14.5 Å². The second kappa shape index (κ2) is 7.99. The highest BCUT2D eigenvalue weighted by atomic mass is 19.1. The molecule has 2 N–H and O–H groups in total. The van der Waals surface area contributed by atoms with Crippen LogP contribution in [0.5, 0.6) is 0 Å². The maximum atomic E-state index is 14.0. The van der Waals surface area contributed by atoms with E-state index in [1.165, 1.54) is 41.9 Å². The van der Waals surface area contributed by atoms with Gasteiger partial charge in [0.15, 0.2) is 5.69 Å². The van der Waals surface area contributed by atoms with E-state index in [4.69, 9.17) is 0 Å². The number of carbonyl (C=O) groups excluding carboxylic acids is 2. The minimum Gasteiger partial charge on any atom is -0.339 e. The van der Waals surface area contributed by atoms with Crippen molar-refractivity contribution in [3.8, 4) is 5.69 Å². The number of para-hydroxylation sites is 2. The van der Waals surface area contributed by atoms with Crippen LogP contribution in [0.25, 0.3) is 5.69 Å². The highest BCUT2D eigenvalue weighted by Crippen LogP contribution is 2.16. The lowest BCUT2D eigenvalue weighted by molar-refractivity contribution is -0.117. The zero-order chi connectivity index (χ0) is 20.3. The minimum absolute atomic E-state index is 0.0216. The van der Waals surface area contributed by atoms with Crippen LogP contribution in [0.1, 0.15) is 23.1 Å². The third-order valence-corrected chi connectivity index (χ3v) is 4.07. The zero-order valence-corrected chi connectivity index (χ0v) is 15.2. The van der Waals surface area contributed by atoms with E-state index in [1.54, 1.807) is 31.2 Å². The Bertz CT molecular complexity index is 1030. The monoisotopic (exact) mass is 384 g/mol. The number of hydrogen-bond donors (Lipinski definition) is 2. The van der Waals surface area contributed by atoms with Crippen molar-refractivity contribution in [2.45, 2.75) is 19.9 Å². The molecule has 0 aliphatic heterocycles. The number of rotatable bonds is 5. The van der Waals surface area contributed by atoms with Gasteiger partial charge in [0.2, 0.25) is 5.91 Å². The van der Waals surface area contributed by atoms with Crippen LogP contribution < -0.4 is 10.6 Å². The highest BCUT2D eigenvalue weighted by Gasteiger charge is 2.20. The summed E-state index contributed by atoms with van der Waals surface area (Å²) in [6.07, 6.45) is 0. The Morgan fingerprint density at radius 1 is 1.04 bits per heavy atom. The lowest BCUT2D eigenvalue weighted by Crippen LogP contribution is -2.41. The Morgan fingerprint density at radius 2 is 1.68 bits per heavy atom. The molecule has 8 heteroatoms. The van der Waals surface area contributed by atoms with Crippen molar-refractivity contribution in [3.63, 3.8) is 0 Å². The van der Waals surface area contributed by atoms with Crippen molar-refractivity contribution in [2.75, 3.05) is 5.32 Å². The summed E-state index contributed by atoms with van der Waals surface area (Å²) < 4.78 is 28.9. The molecule has 1 atom stereocenters. The maximum Gasteiger partial charge on any atom is 0.272 e. The van der Waals surface area contributed by atoms with Gasteiger partial charge in [-0.1, -0.05) is 24.3 Å². The lowest BCUT2D eigenvalue weighted by Gasteiger charge is -2.13. The summed E-state index contributed by atoms with van der Waals surface area (Å²) >= 11 is 0. The molecule has 0 spiro atoms. The summed E-state index contributed by atoms with van der Waals surface area (Å²) in [6.45, 7) is 3.15. The molecule has 0 radical (unpaired) electrons. The maximum absolute atomic E-state index is 14.0. The molecule has 0 aliphatic rings. The predicted octanol–water partition coefficient (Wildman–Crippen LogP) is 3.22. The number of carbonyl (C=O) groups is 2. The van der Waals surface area contributed by atoms with Crippen LogP contribution >= 0.6 is 0 Å². The first-order valence-corrected chi connectivity index (χ1v) is 8.54. The van der Waals surface area contributed by atoms with Gasteiger partial charge in [0.1, 0.15) is 23.4 Å². The van der Waals surface area contributed by atoms with Crippen LogP contribution in [0.3, 0.4) is 0 Å². The predicted molar refractivity (Wildman–Crippen MR) is 100 cm³/mol. The van der Waals surface area contributed by atoms with Crippen LogP contribution in [-0.4, -0.2) is 27.6 Å². The Labute approximate surface area is 160 Å². The summed E-state index contributed by atoms with van der Waals surface area (Å²) in [7, 11) is 0. The summed E-state index contributed by atoms with van der Waals surface area (Å²) in [6, 6.07) is 12.3. The van der Waals surface area contributed by atoms with Gasteiger partial charge in [-0.25, -0.2) is 13.5 Å². The van der Waals surface area contributed by atoms with E-state index in [1.807, 2.05) is 0 Å². The Balaban J connectivity index is 1.71. The fraction of sp³-hybridized carbons (Fsp3) is 0.150. The van der Waals surface area contributed by atoms with Crippen LogP contribution in [-0.2, 0) is 4.79 Å². The van der Waals surface area contributed by atoms with Crippen LogP contribution in [0, 0.1) is 18.6 Å². The van der Waals surface area contributed by atoms with Gasteiger partial charge in [-0.15, -0.1) is 0 Å². The summed E-state index contributed by atoms with van der Waals surface area (Å²) in [5.41, 5.74) is 0.822. The number of nitrogens with one attached hydrogen (secondary N) is 2. The molecule has 0 fully saturated rings. The van der Waals surface area contributed by atoms with Gasteiger partial charge in [-0.05, 0) is 44.2 Å². The van der Waals surface area contributed by atoms with Crippen molar-refractivity contribution in [2.24, 2.45) is 0 Å². The number of hydrogen-bond acceptors (Lipinski definition) is 3. The minimum atomic E-state index is -0.939. The van der Waals surface area contributed by atoms with Gasteiger partial charge in [0.25, 0.3) is 5.91 Å². The van der Waals surface area contributed by atoms with Gasteiger partial charge in [-0.2, -0.15) is 5.10 Å². The number of nitrogens with zero attached hydrogens (tertiary/aromatic N) is 2. The molecule has 6 nitrogen and oxygen atoms in total. The number of anilines is 1. The average molecular weight is 384 g/mol. The SMILES string of the molecule is Cc1cc(C(=O)NC(C)C(=O)Nc2ccccc2F)nn1-c1ccccc1F. The van der Waals surface area contributed by atoms with E-state index in [-0.39, 0.29) is 17.1 Å². The highest BCUT2D eigenvalue weighted by molar-refractivity contribution is 6.00. The fourth-order valence-electron chi connectivity index (χ4n) is 2.59. The number of aromatic nitrogens is 2. The van der Waals surface area contributed by atoms with Crippen molar-refractivity contribution >= 4 is 17.5 Å². The van der Waals surface area contributed by atoms with E-state index in [0.717, 1.165) is 0 Å². The van der Waals surface area contributed by atoms with E-state index < -0.39 is 29.5 Å². The number of amides is 2. The quantitative estimate of drug-likeness (QED) is 0.709. The Hall–Kier alpha value is -3.55. The summed E-state index contributed by atoms with van der Waals surface area (Å²) in [5, 5.41) is 9.04. The van der Waals surface area contributed by atoms with Gasteiger partial charge in [0, 0.05) is 5.69 Å². The first kappa shape index (κ1) is 19.2. The molecule has 144 valence electrons. The molecule has 0 aliphatic carbocycles. The van der Waals surface area contributed by atoms with Crippen molar-refractivity contribution < 1.29 is 18.4 Å². The van der Waals surface area contributed by atoms with Gasteiger partial charge in [-0.3, -0.25) is 9.59 Å². The van der Waals surface area contributed by atoms with E-state index >= 15 is 0 Å². The third kappa shape index (κ3) is 4.06. The molecule has 0 bridgehead atoms. The van der Waals surface area contributed by atoms with E-state index in [0.29, 0.717) is 5.69 Å². The normalized spacial score (nSPS) is 11.7. The summed E-state index contributed by atoms with van der Waals surface area (Å²) in [5.74, 6) is -2.23. The van der Waals surface area contributed by atoms with Gasteiger partial charge >= 0.3 is 0 Å². The molecule has 2 amide bonds. The standard InChI is InChI=1S/C20H18F2N4O2/c1-12-11-17(25-26(12)18-10-6-4-8-15(18)22)20(28)23-13(2)19(27)24-16-9-5-3-7-14(16)21/h3-11,13H,1-2H3,(H,23,28)(H,24,27). The molecule has 1 heterocycles. The topological polar surface area (TPSA) is 76.0 Å². The Kier molecular flexibility index (Phi) is 5.49. The van der Waals surface area contributed by atoms with Gasteiger partial charge < -0.3 is 10.6 Å². The van der Waals surface area contributed by atoms with Crippen molar-refractivity contribution in [1.82, 2.24) is 15.1 Å². The number of halogens is 2. The molecule has 0 saturated heterocycles. The average Bonchev–Trinajstić information content (AvgIpc) is 3.05.